The van der Waals surface area contributed by atoms with Crippen LogP contribution in [0.25, 0.3) is 0 Å². The Balaban J connectivity index is 2.23. The fourth-order valence-electron chi connectivity index (χ4n) is 1.70. The summed E-state index contributed by atoms with van der Waals surface area (Å²) in [5.41, 5.74) is -1.76. The zero-order valence-corrected chi connectivity index (χ0v) is 8.74. The minimum Gasteiger partial charge on any atom is -0.367 e. The van der Waals surface area contributed by atoms with Gasteiger partial charge in [0.05, 0.1) is 12.7 Å². The van der Waals surface area contributed by atoms with Crippen LogP contribution >= 0.6 is 7.82 Å². The third kappa shape index (κ3) is 1.51. The Morgan fingerprint density at radius 2 is 2.29 bits per heavy atom. The summed E-state index contributed by atoms with van der Waals surface area (Å²) in [6.07, 6.45) is -2.30. The van der Waals surface area contributed by atoms with Crippen molar-refractivity contribution in [3.63, 3.8) is 0 Å². The van der Waals surface area contributed by atoms with E-state index in [4.69, 9.17) is 9.63 Å². The van der Waals surface area contributed by atoms with Crippen LogP contribution in [0, 0.1) is 0 Å². The first-order valence-corrected chi connectivity index (χ1v) is 5.82. The second-order valence-corrected chi connectivity index (χ2v) is 5.16. The SMILES string of the molecule is CC1O[C@@H]2COP(=O)(O)O[C@H]2[C@@]1(C)F. The number of hydrogen-bond acceptors (Lipinski definition) is 4. The van der Waals surface area contributed by atoms with E-state index in [0.29, 0.717) is 0 Å². The lowest BCUT2D eigenvalue weighted by Crippen LogP contribution is -2.44. The molecular formula is C7H12FO5P. The van der Waals surface area contributed by atoms with Gasteiger partial charge in [-0.3, -0.25) is 9.05 Å². The first kappa shape index (κ1) is 10.5. The number of phosphoric ester groups is 1. The van der Waals surface area contributed by atoms with Crippen molar-refractivity contribution in [2.24, 2.45) is 0 Å². The van der Waals surface area contributed by atoms with E-state index in [-0.39, 0.29) is 6.61 Å². The molecule has 5 nitrogen and oxygen atoms in total. The minimum atomic E-state index is -4.08. The van der Waals surface area contributed by atoms with Crippen LogP contribution < -0.4 is 0 Å². The van der Waals surface area contributed by atoms with E-state index in [9.17, 15) is 8.96 Å². The van der Waals surface area contributed by atoms with Crippen molar-refractivity contribution in [3.8, 4) is 0 Å². The maximum absolute atomic E-state index is 13.9. The van der Waals surface area contributed by atoms with E-state index in [0.717, 1.165) is 0 Å². The van der Waals surface area contributed by atoms with Gasteiger partial charge in [-0.2, -0.15) is 0 Å². The molecular weight excluding hydrogens is 214 g/mol. The Hall–Kier alpha value is -0.0000000000000000555. The summed E-state index contributed by atoms with van der Waals surface area (Å²) < 4.78 is 39.4. The Kier molecular flexibility index (Phi) is 2.25. The molecule has 2 aliphatic heterocycles. The highest BCUT2D eigenvalue weighted by atomic mass is 31.2. The molecule has 82 valence electrons. The molecule has 5 atom stereocenters. The average molecular weight is 226 g/mol. The van der Waals surface area contributed by atoms with Crippen molar-refractivity contribution < 1.29 is 27.6 Å². The van der Waals surface area contributed by atoms with Gasteiger partial charge in [0.15, 0.2) is 5.67 Å². The van der Waals surface area contributed by atoms with Crippen LogP contribution in [0.2, 0.25) is 0 Å². The van der Waals surface area contributed by atoms with Crippen molar-refractivity contribution in [3.05, 3.63) is 0 Å². The highest BCUT2D eigenvalue weighted by Crippen LogP contribution is 2.54. The molecule has 0 aromatic rings. The van der Waals surface area contributed by atoms with Gasteiger partial charge in [-0.1, -0.05) is 0 Å². The normalized spacial score (nSPS) is 58.4. The smallest absolute Gasteiger partial charge is 0.367 e. The van der Waals surface area contributed by atoms with Crippen LogP contribution in [-0.4, -0.2) is 35.5 Å². The first-order chi connectivity index (χ1) is 6.33. The molecule has 0 aliphatic carbocycles. The molecule has 2 saturated heterocycles. The van der Waals surface area contributed by atoms with Crippen LogP contribution in [0.3, 0.4) is 0 Å². The highest BCUT2D eigenvalue weighted by Gasteiger charge is 2.58. The number of fused-ring (bicyclic) bond motifs is 1. The van der Waals surface area contributed by atoms with Gasteiger partial charge < -0.3 is 9.63 Å². The van der Waals surface area contributed by atoms with E-state index in [1.807, 2.05) is 0 Å². The monoisotopic (exact) mass is 226 g/mol. The van der Waals surface area contributed by atoms with Gasteiger partial charge in [0, 0.05) is 0 Å². The maximum atomic E-state index is 13.9. The van der Waals surface area contributed by atoms with Gasteiger partial charge in [0.2, 0.25) is 0 Å². The van der Waals surface area contributed by atoms with Crippen molar-refractivity contribution in [1.82, 2.24) is 0 Å². The van der Waals surface area contributed by atoms with Crippen molar-refractivity contribution in [1.29, 1.82) is 0 Å². The fraction of sp³-hybridized carbons (Fsp3) is 1.00. The van der Waals surface area contributed by atoms with Crippen LogP contribution in [0.4, 0.5) is 4.39 Å². The number of halogens is 1. The van der Waals surface area contributed by atoms with E-state index < -0.39 is 31.8 Å². The zero-order valence-electron chi connectivity index (χ0n) is 7.84. The molecule has 2 heterocycles. The molecule has 2 aliphatic rings. The molecule has 1 N–H and O–H groups in total. The first-order valence-electron chi connectivity index (χ1n) is 4.33. The van der Waals surface area contributed by atoms with Crippen molar-refractivity contribution in [2.45, 2.75) is 37.8 Å². The molecule has 0 aromatic carbocycles. The molecule has 14 heavy (non-hydrogen) atoms. The van der Waals surface area contributed by atoms with E-state index in [1.54, 1.807) is 6.92 Å². The molecule has 2 unspecified atom stereocenters. The number of rotatable bonds is 0. The second kappa shape index (κ2) is 3.00. The zero-order chi connectivity index (χ0) is 10.6. The Morgan fingerprint density at radius 1 is 1.64 bits per heavy atom. The molecule has 0 aromatic heterocycles. The molecule has 2 fully saturated rings. The quantitative estimate of drug-likeness (QED) is 0.624. The topological polar surface area (TPSA) is 65.0 Å². The third-order valence-corrected chi connectivity index (χ3v) is 3.69. The van der Waals surface area contributed by atoms with E-state index in [2.05, 4.69) is 9.05 Å². The molecule has 7 heteroatoms. The second-order valence-electron chi connectivity index (χ2n) is 3.76. The number of phosphoric acid groups is 1. The Labute approximate surface area is 80.8 Å². The standard InChI is InChI=1S/C7H12FO5P/c1-4-7(2,8)6-5(12-4)3-11-14(9,10)13-6/h4-6H,3H2,1-2H3,(H,9,10)/t4?,5-,6-,7+/m1/s1. The molecule has 0 bridgehead atoms. The predicted octanol–water partition coefficient (Wildman–Crippen LogP) is 1.02. The molecule has 0 amide bonds. The highest BCUT2D eigenvalue weighted by molar-refractivity contribution is 7.47. The number of hydrogen-bond donors (Lipinski definition) is 1. The third-order valence-electron chi connectivity index (χ3n) is 2.72. The summed E-state index contributed by atoms with van der Waals surface area (Å²) in [5, 5.41) is 0. The van der Waals surface area contributed by atoms with Crippen LogP contribution in [0.1, 0.15) is 13.8 Å². The Bertz CT molecular complexity index is 294. The molecule has 2 rings (SSSR count). The van der Waals surface area contributed by atoms with E-state index in [1.165, 1.54) is 6.92 Å². The lowest BCUT2D eigenvalue weighted by Gasteiger charge is -2.31. The number of ether oxygens (including phenoxy) is 1. The minimum absolute atomic E-state index is 0.109. The van der Waals surface area contributed by atoms with Gasteiger partial charge >= 0.3 is 7.82 Å². The average Bonchev–Trinajstić information content (AvgIpc) is 2.26. The summed E-state index contributed by atoms with van der Waals surface area (Å²) in [6, 6.07) is 0. The lowest BCUT2D eigenvalue weighted by molar-refractivity contribution is -0.0543. The van der Waals surface area contributed by atoms with Gasteiger partial charge in [0.25, 0.3) is 0 Å². The lowest BCUT2D eigenvalue weighted by atomic mass is 9.96. The number of alkyl halides is 1. The molecule has 0 saturated carbocycles. The Morgan fingerprint density at radius 3 is 2.93 bits per heavy atom. The van der Waals surface area contributed by atoms with Gasteiger partial charge in [-0.05, 0) is 13.8 Å². The van der Waals surface area contributed by atoms with Crippen molar-refractivity contribution >= 4 is 7.82 Å². The summed E-state index contributed by atoms with van der Waals surface area (Å²) >= 11 is 0. The largest absolute Gasteiger partial charge is 0.472 e. The van der Waals surface area contributed by atoms with Crippen LogP contribution in [-0.2, 0) is 18.3 Å². The fourth-order valence-corrected chi connectivity index (χ4v) is 2.73. The summed E-state index contributed by atoms with van der Waals surface area (Å²) in [5.74, 6) is 0. The van der Waals surface area contributed by atoms with Gasteiger partial charge in [-0.25, -0.2) is 8.96 Å². The van der Waals surface area contributed by atoms with Crippen LogP contribution in [0.5, 0.6) is 0 Å². The van der Waals surface area contributed by atoms with E-state index >= 15 is 0 Å². The van der Waals surface area contributed by atoms with Crippen LogP contribution in [0.15, 0.2) is 0 Å². The summed E-state index contributed by atoms with van der Waals surface area (Å²) in [4.78, 5) is 9.03. The molecule has 0 spiro atoms. The molecule has 0 radical (unpaired) electrons. The van der Waals surface area contributed by atoms with Gasteiger partial charge in [-0.15, -0.1) is 0 Å². The summed E-state index contributed by atoms with van der Waals surface area (Å²) in [6.45, 7) is 2.75. The summed E-state index contributed by atoms with van der Waals surface area (Å²) in [7, 11) is -4.08. The maximum Gasteiger partial charge on any atom is 0.472 e. The van der Waals surface area contributed by atoms with Gasteiger partial charge in [0.1, 0.15) is 12.2 Å². The predicted molar refractivity (Wildman–Crippen MR) is 44.5 cm³/mol. The van der Waals surface area contributed by atoms with Crippen molar-refractivity contribution in [2.75, 3.05) is 6.61 Å².